The van der Waals surface area contributed by atoms with Crippen LogP contribution in [0.2, 0.25) is 0 Å². The van der Waals surface area contributed by atoms with Crippen LogP contribution in [0.5, 0.6) is 0 Å². The van der Waals surface area contributed by atoms with Gasteiger partial charge in [-0.2, -0.15) is 0 Å². The minimum atomic E-state index is -0.190. The molecule has 0 spiro atoms. The zero-order valence-electron chi connectivity index (χ0n) is 16.4. The molecule has 4 heterocycles. The summed E-state index contributed by atoms with van der Waals surface area (Å²) >= 11 is 3.69. The van der Waals surface area contributed by atoms with Gasteiger partial charge in [-0.1, -0.05) is 0 Å². The topological polar surface area (TPSA) is 77.1 Å². The number of carbonyl (C=O) groups is 1. The molecule has 1 atom stereocenters. The van der Waals surface area contributed by atoms with Crippen molar-refractivity contribution in [3.63, 3.8) is 0 Å². The third kappa shape index (κ3) is 4.39. The van der Waals surface area contributed by atoms with Gasteiger partial charge in [0, 0.05) is 43.9 Å². The Labute approximate surface area is 184 Å². The van der Waals surface area contributed by atoms with Crippen LogP contribution >= 0.6 is 28.3 Å². The average Bonchev–Trinajstić information content (AvgIpc) is 3.11. The van der Waals surface area contributed by atoms with Crippen molar-refractivity contribution in [3.8, 4) is 0 Å². The molecule has 29 heavy (non-hydrogen) atoms. The second-order valence-corrected chi connectivity index (χ2v) is 8.14. The quantitative estimate of drug-likeness (QED) is 0.593. The van der Waals surface area contributed by atoms with Gasteiger partial charge in [-0.05, 0) is 55.0 Å². The lowest BCUT2D eigenvalue weighted by Gasteiger charge is -2.38. The second-order valence-electron chi connectivity index (χ2n) is 7.28. The van der Waals surface area contributed by atoms with Crippen LogP contribution in [0.25, 0.3) is 11.0 Å². The summed E-state index contributed by atoms with van der Waals surface area (Å²) in [5.74, 6) is -0.190. The minimum Gasteiger partial charge on any atom is -0.368 e. The smallest absolute Gasteiger partial charge is 0.257 e. The first-order chi connectivity index (χ1) is 13.5. The summed E-state index contributed by atoms with van der Waals surface area (Å²) < 4.78 is 0.927. The van der Waals surface area contributed by atoms with Gasteiger partial charge < -0.3 is 20.1 Å². The molecular weight excluding hydrogens is 456 g/mol. The van der Waals surface area contributed by atoms with Crippen LogP contribution in [0, 0.1) is 0 Å². The van der Waals surface area contributed by atoms with E-state index in [0.29, 0.717) is 11.6 Å². The van der Waals surface area contributed by atoms with Crippen LogP contribution in [0.15, 0.2) is 41.4 Å². The molecule has 1 unspecified atom stereocenters. The molecule has 0 saturated carbocycles. The number of hydrogen-bond donors (Lipinski definition) is 2. The van der Waals surface area contributed by atoms with Crippen LogP contribution < -0.4 is 10.2 Å². The number of fused-ring (bicyclic) bond motifs is 1. The van der Waals surface area contributed by atoms with Crippen molar-refractivity contribution in [2.45, 2.75) is 18.9 Å². The Morgan fingerprint density at radius 3 is 2.93 bits per heavy atom. The van der Waals surface area contributed by atoms with Crippen molar-refractivity contribution < 1.29 is 4.79 Å². The second kappa shape index (κ2) is 9.11. The van der Waals surface area contributed by atoms with E-state index in [0.717, 1.165) is 46.4 Å². The Morgan fingerprint density at radius 2 is 2.21 bits per heavy atom. The van der Waals surface area contributed by atoms with Crippen molar-refractivity contribution in [3.05, 3.63) is 47.0 Å². The third-order valence-corrected chi connectivity index (χ3v) is 5.82. The van der Waals surface area contributed by atoms with E-state index in [4.69, 9.17) is 0 Å². The van der Waals surface area contributed by atoms with Gasteiger partial charge in [0.2, 0.25) is 0 Å². The van der Waals surface area contributed by atoms with Crippen LogP contribution in [-0.4, -0.2) is 59.0 Å². The Morgan fingerprint density at radius 1 is 1.38 bits per heavy atom. The molecule has 9 heteroatoms. The normalized spacial score (nSPS) is 16.7. The monoisotopic (exact) mass is 478 g/mol. The summed E-state index contributed by atoms with van der Waals surface area (Å²) in [7, 11) is 4.25. The van der Waals surface area contributed by atoms with Crippen LogP contribution in [0.1, 0.15) is 23.2 Å². The summed E-state index contributed by atoms with van der Waals surface area (Å²) in [6.07, 6.45) is 9.15. The molecule has 1 aliphatic rings. The van der Waals surface area contributed by atoms with Gasteiger partial charge in [-0.15, -0.1) is 12.4 Å². The fourth-order valence-electron chi connectivity index (χ4n) is 3.73. The number of nitrogens with one attached hydrogen (secondary N) is 2. The highest BCUT2D eigenvalue weighted by molar-refractivity contribution is 9.10. The summed E-state index contributed by atoms with van der Waals surface area (Å²) in [5.41, 5.74) is 3.07. The van der Waals surface area contributed by atoms with Crippen molar-refractivity contribution in [1.29, 1.82) is 0 Å². The zero-order valence-corrected chi connectivity index (χ0v) is 18.8. The maximum atomic E-state index is 12.7. The highest BCUT2D eigenvalue weighted by atomic mass is 79.9. The number of halogens is 2. The van der Waals surface area contributed by atoms with Gasteiger partial charge in [0.15, 0.2) is 0 Å². The first-order valence-electron chi connectivity index (χ1n) is 9.33. The van der Waals surface area contributed by atoms with E-state index in [1.54, 1.807) is 30.7 Å². The van der Waals surface area contributed by atoms with E-state index in [2.05, 4.69) is 60.1 Å². The lowest BCUT2D eigenvalue weighted by atomic mass is 10.0. The lowest BCUT2D eigenvalue weighted by Crippen LogP contribution is -2.45. The van der Waals surface area contributed by atoms with Gasteiger partial charge in [0.05, 0.1) is 26.8 Å². The van der Waals surface area contributed by atoms with Gasteiger partial charge in [0.1, 0.15) is 5.65 Å². The highest BCUT2D eigenvalue weighted by Crippen LogP contribution is 2.39. The van der Waals surface area contributed by atoms with E-state index in [1.807, 2.05) is 6.20 Å². The van der Waals surface area contributed by atoms with E-state index >= 15 is 0 Å². The molecule has 154 valence electrons. The number of anilines is 2. The number of pyridine rings is 2. The van der Waals surface area contributed by atoms with Gasteiger partial charge >= 0.3 is 0 Å². The summed E-state index contributed by atoms with van der Waals surface area (Å²) in [5, 5.41) is 3.94. The van der Waals surface area contributed by atoms with Gasteiger partial charge in [-0.3, -0.25) is 9.78 Å². The van der Waals surface area contributed by atoms with E-state index in [1.165, 1.54) is 6.42 Å². The number of aromatic nitrogens is 3. The Balaban J connectivity index is 0.00000240. The fraction of sp³-hybridized carbons (Fsp3) is 0.350. The first-order valence-corrected chi connectivity index (χ1v) is 10.1. The number of amides is 1. The average molecular weight is 480 g/mol. The number of hydrogen-bond acceptors (Lipinski definition) is 5. The van der Waals surface area contributed by atoms with Crippen molar-refractivity contribution in [2.24, 2.45) is 0 Å². The Hall–Kier alpha value is -2.16. The molecule has 0 aromatic carbocycles. The predicted octanol–water partition coefficient (Wildman–Crippen LogP) is 3.92. The number of likely N-dealkylation sites (N-methyl/N-ethyl adjacent to an activating group) is 1. The van der Waals surface area contributed by atoms with E-state index in [-0.39, 0.29) is 18.3 Å². The van der Waals surface area contributed by atoms with Crippen molar-refractivity contribution in [2.75, 3.05) is 37.4 Å². The summed E-state index contributed by atoms with van der Waals surface area (Å²) in [4.78, 5) is 29.0. The zero-order chi connectivity index (χ0) is 19.7. The van der Waals surface area contributed by atoms with Crippen LogP contribution in [-0.2, 0) is 0 Å². The Kier molecular flexibility index (Phi) is 6.77. The van der Waals surface area contributed by atoms with Gasteiger partial charge in [-0.25, -0.2) is 4.98 Å². The molecule has 3 aromatic heterocycles. The van der Waals surface area contributed by atoms with Crippen molar-refractivity contribution in [1.82, 2.24) is 19.9 Å². The number of nitrogens with zero attached hydrogens (tertiary/aromatic N) is 4. The predicted molar refractivity (Wildman–Crippen MR) is 122 cm³/mol. The molecule has 0 bridgehead atoms. The lowest BCUT2D eigenvalue weighted by molar-refractivity contribution is 0.102. The molecule has 4 rings (SSSR count). The standard InChI is InChI=1S/C20H23BrN6O.ClH/c1-26(2)14-6-4-8-27(12-14)18-15(21)10-23-19-17(18)16(11-24-19)25-20(28)13-5-3-7-22-9-13;/h3,5,7,9-11,14H,4,6,8,12H2,1-2H3,(H,23,24)(H,25,28);1H. The minimum absolute atomic E-state index is 0. The molecule has 1 fully saturated rings. The molecular formula is C20H24BrClN6O. The molecule has 0 aliphatic carbocycles. The van der Waals surface area contributed by atoms with Gasteiger partial charge in [0.25, 0.3) is 5.91 Å². The number of carbonyl (C=O) groups excluding carboxylic acids is 1. The summed E-state index contributed by atoms with van der Waals surface area (Å²) in [6, 6.07) is 4.00. The molecule has 2 N–H and O–H groups in total. The highest BCUT2D eigenvalue weighted by Gasteiger charge is 2.26. The third-order valence-electron chi connectivity index (χ3n) is 5.24. The molecule has 7 nitrogen and oxygen atoms in total. The number of H-pyrrole nitrogens is 1. The number of rotatable bonds is 4. The SMILES string of the molecule is CN(C)C1CCCN(c2c(Br)cnc3[nH]cc(NC(=O)c4cccnc4)c23)C1.Cl. The fourth-order valence-corrected chi connectivity index (χ4v) is 4.29. The molecule has 1 amide bonds. The molecule has 3 aromatic rings. The number of piperidine rings is 1. The summed E-state index contributed by atoms with van der Waals surface area (Å²) in [6.45, 7) is 1.91. The van der Waals surface area contributed by atoms with Crippen molar-refractivity contribution >= 4 is 56.7 Å². The maximum absolute atomic E-state index is 12.7. The van der Waals surface area contributed by atoms with E-state index in [9.17, 15) is 4.79 Å². The number of aromatic amines is 1. The largest absolute Gasteiger partial charge is 0.368 e. The van der Waals surface area contributed by atoms with Crippen LogP contribution in [0.4, 0.5) is 11.4 Å². The Bertz CT molecular complexity index is 993. The van der Waals surface area contributed by atoms with E-state index < -0.39 is 0 Å². The maximum Gasteiger partial charge on any atom is 0.257 e. The molecule has 1 saturated heterocycles. The van der Waals surface area contributed by atoms with Crippen LogP contribution in [0.3, 0.4) is 0 Å². The first kappa shape index (κ1) is 21.5. The molecule has 1 aliphatic heterocycles. The molecule has 0 radical (unpaired) electrons.